The molecule has 36 heavy (non-hydrogen) atoms. The third-order valence-corrected chi connectivity index (χ3v) is 5.98. The largest absolute Gasteiger partial charge is 0.508 e. The van der Waals surface area contributed by atoms with E-state index in [2.05, 4.69) is 5.32 Å². The highest BCUT2D eigenvalue weighted by molar-refractivity contribution is 6.00. The molecule has 0 spiro atoms. The van der Waals surface area contributed by atoms with Crippen molar-refractivity contribution < 1.29 is 19.0 Å². The SMILES string of the molecule is COc1ccc(-c2c(Nc3ccc(C)c(O)c3)c3ccc(OCc4ccccc4)cc3oc2=O)cc1. The molecule has 5 aromatic rings. The van der Waals surface area contributed by atoms with Gasteiger partial charge in [-0.25, -0.2) is 4.79 Å². The summed E-state index contributed by atoms with van der Waals surface area (Å²) in [6, 6.07) is 27.8. The van der Waals surface area contributed by atoms with Crippen LogP contribution in [0, 0.1) is 6.92 Å². The van der Waals surface area contributed by atoms with Crippen LogP contribution in [0.2, 0.25) is 0 Å². The van der Waals surface area contributed by atoms with Gasteiger partial charge in [0.1, 0.15) is 29.4 Å². The Morgan fingerprint density at radius 2 is 1.64 bits per heavy atom. The zero-order valence-electron chi connectivity index (χ0n) is 19.9. The van der Waals surface area contributed by atoms with Gasteiger partial charge >= 0.3 is 5.63 Å². The molecule has 180 valence electrons. The molecule has 1 aromatic heterocycles. The van der Waals surface area contributed by atoms with Gasteiger partial charge in [0.05, 0.1) is 18.4 Å². The van der Waals surface area contributed by atoms with Crippen LogP contribution in [0.1, 0.15) is 11.1 Å². The van der Waals surface area contributed by atoms with Crippen molar-refractivity contribution >= 4 is 22.3 Å². The lowest BCUT2D eigenvalue weighted by atomic mass is 10.0. The number of benzene rings is 4. The molecule has 0 saturated carbocycles. The van der Waals surface area contributed by atoms with E-state index in [9.17, 15) is 9.90 Å². The maximum Gasteiger partial charge on any atom is 0.346 e. The molecule has 4 aromatic carbocycles. The van der Waals surface area contributed by atoms with Crippen LogP contribution >= 0.6 is 0 Å². The van der Waals surface area contributed by atoms with Crippen LogP contribution in [0.25, 0.3) is 22.1 Å². The summed E-state index contributed by atoms with van der Waals surface area (Å²) < 4.78 is 17.0. The number of fused-ring (bicyclic) bond motifs is 1. The number of nitrogens with one attached hydrogen (secondary N) is 1. The van der Waals surface area contributed by atoms with Crippen LogP contribution in [-0.2, 0) is 6.61 Å². The maximum absolute atomic E-state index is 13.3. The highest BCUT2D eigenvalue weighted by atomic mass is 16.5. The first kappa shape index (κ1) is 23.1. The lowest BCUT2D eigenvalue weighted by Crippen LogP contribution is -2.08. The van der Waals surface area contributed by atoms with Crippen molar-refractivity contribution in [3.05, 3.63) is 113 Å². The van der Waals surface area contributed by atoms with Gasteiger partial charge in [0.25, 0.3) is 0 Å². The van der Waals surface area contributed by atoms with Crippen molar-refractivity contribution in [2.75, 3.05) is 12.4 Å². The second-order valence-electron chi connectivity index (χ2n) is 8.43. The first-order chi connectivity index (χ1) is 17.5. The molecule has 2 N–H and O–H groups in total. The van der Waals surface area contributed by atoms with Crippen LogP contribution in [-0.4, -0.2) is 12.2 Å². The molecule has 0 aliphatic carbocycles. The van der Waals surface area contributed by atoms with Crippen LogP contribution in [0.4, 0.5) is 11.4 Å². The Morgan fingerprint density at radius 3 is 2.36 bits per heavy atom. The molecule has 6 heteroatoms. The Morgan fingerprint density at radius 1 is 0.889 bits per heavy atom. The van der Waals surface area contributed by atoms with Gasteiger partial charge in [0.2, 0.25) is 0 Å². The van der Waals surface area contributed by atoms with Gasteiger partial charge in [-0.3, -0.25) is 0 Å². The first-order valence-corrected chi connectivity index (χ1v) is 11.5. The first-order valence-electron chi connectivity index (χ1n) is 11.5. The zero-order chi connectivity index (χ0) is 25.1. The minimum absolute atomic E-state index is 0.162. The van der Waals surface area contributed by atoms with E-state index in [-0.39, 0.29) is 5.75 Å². The summed E-state index contributed by atoms with van der Waals surface area (Å²) in [5, 5.41) is 14.3. The summed E-state index contributed by atoms with van der Waals surface area (Å²) in [7, 11) is 1.59. The maximum atomic E-state index is 13.3. The van der Waals surface area contributed by atoms with Crippen molar-refractivity contribution in [1.82, 2.24) is 0 Å². The lowest BCUT2D eigenvalue weighted by molar-refractivity contribution is 0.306. The summed E-state index contributed by atoms with van der Waals surface area (Å²) >= 11 is 0. The van der Waals surface area contributed by atoms with E-state index in [0.29, 0.717) is 51.6 Å². The molecule has 6 nitrogen and oxygen atoms in total. The van der Waals surface area contributed by atoms with E-state index in [0.717, 1.165) is 11.1 Å². The van der Waals surface area contributed by atoms with E-state index in [1.807, 2.05) is 73.7 Å². The lowest BCUT2D eigenvalue weighted by Gasteiger charge is -2.16. The molecular weight excluding hydrogens is 454 g/mol. The van der Waals surface area contributed by atoms with E-state index in [1.54, 1.807) is 31.4 Å². The third-order valence-electron chi connectivity index (χ3n) is 5.98. The molecule has 5 rings (SSSR count). The Hall–Kier alpha value is -4.71. The molecule has 0 amide bonds. The summed E-state index contributed by atoms with van der Waals surface area (Å²) in [5.74, 6) is 1.43. The van der Waals surface area contributed by atoms with Crippen molar-refractivity contribution in [2.45, 2.75) is 13.5 Å². The molecule has 0 unspecified atom stereocenters. The van der Waals surface area contributed by atoms with E-state index >= 15 is 0 Å². The van der Waals surface area contributed by atoms with Gasteiger partial charge in [-0.2, -0.15) is 0 Å². The normalized spacial score (nSPS) is 10.8. The van der Waals surface area contributed by atoms with Crippen molar-refractivity contribution in [2.24, 2.45) is 0 Å². The van der Waals surface area contributed by atoms with Gasteiger partial charge in [-0.15, -0.1) is 0 Å². The molecule has 0 aliphatic heterocycles. The van der Waals surface area contributed by atoms with Crippen LogP contribution in [0.3, 0.4) is 0 Å². The monoisotopic (exact) mass is 479 g/mol. The van der Waals surface area contributed by atoms with Crippen LogP contribution in [0.15, 0.2) is 100 Å². The Balaban J connectivity index is 1.60. The number of rotatable bonds is 7. The minimum atomic E-state index is -0.494. The predicted molar refractivity (Wildman–Crippen MR) is 141 cm³/mol. The fourth-order valence-corrected chi connectivity index (χ4v) is 3.99. The third kappa shape index (κ3) is 4.74. The molecule has 0 atom stereocenters. The van der Waals surface area contributed by atoms with Crippen LogP contribution < -0.4 is 20.4 Å². The van der Waals surface area contributed by atoms with Crippen molar-refractivity contribution in [1.29, 1.82) is 0 Å². The fraction of sp³-hybridized carbons (Fsp3) is 0.100. The topological polar surface area (TPSA) is 80.9 Å². The second kappa shape index (κ2) is 9.88. The molecule has 0 radical (unpaired) electrons. The molecular formula is C30H25NO5. The number of hydrogen-bond acceptors (Lipinski definition) is 6. The van der Waals surface area contributed by atoms with Gasteiger partial charge in [0, 0.05) is 23.2 Å². The fourth-order valence-electron chi connectivity index (χ4n) is 3.99. The second-order valence-corrected chi connectivity index (χ2v) is 8.43. The average molecular weight is 480 g/mol. The quantitative estimate of drug-likeness (QED) is 0.250. The van der Waals surface area contributed by atoms with Gasteiger partial charge < -0.3 is 24.3 Å². The number of ether oxygens (including phenoxy) is 2. The predicted octanol–water partition coefficient (Wildman–Crippen LogP) is 6.81. The highest BCUT2D eigenvalue weighted by Gasteiger charge is 2.18. The average Bonchev–Trinajstić information content (AvgIpc) is 2.90. The molecule has 0 fully saturated rings. The highest BCUT2D eigenvalue weighted by Crippen LogP contribution is 2.37. The van der Waals surface area contributed by atoms with E-state index in [1.165, 1.54) is 0 Å². The number of aromatic hydroxyl groups is 1. The minimum Gasteiger partial charge on any atom is -0.508 e. The smallest absolute Gasteiger partial charge is 0.346 e. The van der Waals surface area contributed by atoms with Crippen LogP contribution in [0.5, 0.6) is 17.2 Å². The van der Waals surface area contributed by atoms with Crippen molar-refractivity contribution in [3.63, 3.8) is 0 Å². The summed E-state index contributed by atoms with van der Waals surface area (Å²) in [4.78, 5) is 13.3. The molecule has 0 aliphatic rings. The van der Waals surface area contributed by atoms with E-state index < -0.39 is 5.63 Å². The zero-order valence-corrected chi connectivity index (χ0v) is 19.9. The summed E-state index contributed by atoms with van der Waals surface area (Å²) in [6.45, 7) is 2.22. The van der Waals surface area contributed by atoms with Gasteiger partial charge in [0.15, 0.2) is 0 Å². The Kier molecular flexibility index (Phi) is 6.33. The summed E-state index contributed by atoms with van der Waals surface area (Å²) in [6.07, 6.45) is 0. The number of hydrogen-bond donors (Lipinski definition) is 2. The Bertz CT molecular complexity index is 1570. The number of aryl methyl sites for hydroxylation is 1. The summed E-state index contributed by atoms with van der Waals surface area (Å²) in [5.41, 5.74) is 3.96. The van der Waals surface area contributed by atoms with Gasteiger partial charge in [-0.1, -0.05) is 48.5 Å². The number of methoxy groups -OCH3 is 1. The van der Waals surface area contributed by atoms with Gasteiger partial charge in [-0.05, 0) is 53.9 Å². The van der Waals surface area contributed by atoms with E-state index in [4.69, 9.17) is 13.9 Å². The van der Waals surface area contributed by atoms with Crippen molar-refractivity contribution in [3.8, 4) is 28.4 Å². The molecule has 0 bridgehead atoms. The number of anilines is 2. The number of phenols is 1. The molecule has 1 heterocycles. The number of phenolic OH excluding ortho intramolecular Hbond substituents is 1. The Labute approximate surface area is 208 Å². The standard InChI is InChI=1S/C30H25NO5/c1-19-8-11-22(16-26(19)32)31-29-25-15-14-24(35-18-20-6-4-3-5-7-20)17-27(25)36-30(33)28(29)21-9-12-23(34-2)13-10-21/h3-17,31-32H,18H2,1-2H3. The molecule has 0 saturated heterocycles.